The van der Waals surface area contributed by atoms with Crippen LogP contribution in [0, 0.1) is 5.92 Å². The van der Waals surface area contributed by atoms with Crippen LogP contribution in [-0.2, 0) is 11.3 Å². The molecule has 0 aliphatic carbocycles. The van der Waals surface area contributed by atoms with Crippen molar-refractivity contribution in [2.45, 2.75) is 45.7 Å². The number of aromatic hydroxyl groups is 1. The lowest BCUT2D eigenvalue weighted by Gasteiger charge is -2.22. The average Bonchev–Trinajstić information content (AvgIpc) is 2.39. The van der Waals surface area contributed by atoms with Gasteiger partial charge in [-0.05, 0) is 25.8 Å². The minimum atomic E-state index is -0.00962. The van der Waals surface area contributed by atoms with E-state index in [1.165, 1.54) is 0 Å². The normalized spacial score (nSPS) is 13.8. The molecule has 4 heteroatoms. The highest BCUT2D eigenvalue weighted by atomic mass is 16.3. The summed E-state index contributed by atoms with van der Waals surface area (Å²) in [6.07, 6.45) is 2.77. The van der Waals surface area contributed by atoms with Gasteiger partial charge in [0.05, 0.1) is 0 Å². The maximum atomic E-state index is 12.2. The van der Waals surface area contributed by atoms with Crippen LogP contribution in [0.25, 0.3) is 0 Å². The van der Waals surface area contributed by atoms with Crippen LogP contribution in [0.2, 0.25) is 0 Å². The fraction of sp³-hybridized carbons (Fsp3) is 0.562. The molecule has 0 saturated carbocycles. The maximum Gasteiger partial charge on any atom is 0.225 e. The summed E-state index contributed by atoms with van der Waals surface area (Å²) in [6, 6.07) is 7.30. The Labute approximate surface area is 121 Å². The number of hydrogen-bond acceptors (Lipinski definition) is 3. The Balaban J connectivity index is 2.48. The van der Waals surface area contributed by atoms with Crippen LogP contribution in [0.3, 0.4) is 0 Å². The second-order valence-corrected chi connectivity index (χ2v) is 5.63. The molecule has 0 bridgehead atoms. The molecule has 4 nitrogen and oxygen atoms in total. The Morgan fingerprint density at radius 3 is 2.55 bits per heavy atom. The first kappa shape index (κ1) is 16.5. The molecule has 20 heavy (non-hydrogen) atoms. The molecular formula is C16H26N2O2. The van der Waals surface area contributed by atoms with Crippen LogP contribution >= 0.6 is 0 Å². The van der Waals surface area contributed by atoms with Crippen LogP contribution in [-0.4, -0.2) is 29.0 Å². The van der Waals surface area contributed by atoms with Crippen molar-refractivity contribution in [3.05, 3.63) is 29.8 Å². The smallest absolute Gasteiger partial charge is 0.225 e. The monoisotopic (exact) mass is 278 g/mol. The Bertz CT molecular complexity index is 432. The maximum absolute atomic E-state index is 12.2. The number of carbonyl (C=O) groups excluding carboxylic acids is 1. The van der Waals surface area contributed by atoms with E-state index in [9.17, 15) is 9.90 Å². The lowest BCUT2D eigenvalue weighted by Crippen LogP contribution is -2.31. The van der Waals surface area contributed by atoms with Crippen molar-refractivity contribution in [2.75, 3.05) is 7.05 Å². The highest BCUT2D eigenvalue weighted by Crippen LogP contribution is 2.19. The van der Waals surface area contributed by atoms with Crippen LogP contribution in [0.5, 0.6) is 5.75 Å². The molecule has 0 spiro atoms. The third-order valence-electron chi connectivity index (χ3n) is 3.49. The predicted molar refractivity (Wildman–Crippen MR) is 81.2 cm³/mol. The van der Waals surface area contributed by atoms with Crippen molar-refractivity contribution in [1.82, 2.24) is 4.90 Å². The van der Waals surface area contributed by atoms with Gasteiger partial charge in [-0.3, -0.25) is 4.79 Å². The molecule has 0 fully saturated rings. The van der Waals surface area contributed by atoms with Gasteiger partial charge in [-0.1, -0.05) is 31.5 Å². The summed E-state index contributed by atoms with van der Waals surface area (Å²) in [6.45, 7) is 4.37. The zero-order chi connectivity index (χ0) is 15.1. The number of hydrogen-bond donors (Lipinski definition) is 2. The van der Waals surface area contributed by atoms with E-state index in [4.69, 9.17) is 5.73 Å². The number of nitrogens with two attached hydrogens (primary N) is 1. The number of amides is 1. The first-order chi connectivity index (χ1) is 9.41. The van der Waals surface area contributed by atoms with Gasteiger partial charge in [-0.25, -0.2) is 0 Å². The molecule has 0 aromatic heterocycles. The first-order valence-corrected chi connectivity index (χ1v) is 7.19. The number of benzene rings is 1. The summed E-state index contributed by atoms with van der Waals surface area (Å²) < 4.78 is 0. The van der Waals surface area contributed by atoms with E-state index < -0.39 is 0 Å². The van der Waals surface area contributed by atoms with E-state index >= 15 is 0 Å². The number of nitrogens with zero attached hydrogens (tertiary/aromatic N) is 1. The molecule has 112 valence electrons. The van der Waals surface area contributed by atoms with E-state index in [1.54, 1.807) is 24.1 Å². The van der Waals surface area contributed by atoms with Gasteiger partial charge < -0.3 is 15.7 Å². The summed E-state index contributed by atoms with van der Waals surface area (Å²) in [4.78, 5) is 13.9. The third kappa shape index (κ3) is 5.21. The first-order valence-electron chi connectivity index (χ1n) is 7.19. The summed E-state index contributed by atoms with van der Waals surface area (Å²) in [5, 5.41) is 9.73. The fourth-order valence-corrected chi connectivity index (χ4v) is 2.22. The van der Waals surface area contributed by atoms with Gasteiger partial charge in [-0.2, -0.15) is 0 Å². The summed E-state index contributed by atoms with van der Waals surface area (Å²) >= 11 is 0. The molecule has 1 aromatic carbocycles. The number of phenolic OH excluding ortho intramolecular Hbond substituents is 1. The van der Waals surface area contributed by atoms with Crippen LogP contribution in [0.4, 0.5) is 0 Å². The second kappa shape index (κ2) is 7.90. The molecule has 3 N–H and O–H groups in total. The molecule has 0 aliphatic heterocycles. The molecule has 1 rings (SSSR count). The van der Waals surface area contributed by atoms with Gasteiger partial charge in [0.1, 0.15) is 5.75 Å². The minimum absolute atomic E-state index is 0.00962. The van der Waals surface area contributed by atoms with Gasteiger partial charge in [0.25, 0.3) is 0 Å². The van der Waals surface area contributed by atoms with E-state index in [1.807, 2.05) is 26.0 Å². The quantitative estimate of drug-likeness (QED) is 0.805. The van der Waals surface area contributed by atoms with Gasteiger partial charge >= 0.3 is 0 Å². The zero-order valence-corrected chi connectivity index (χ0v) is 12.7. The van der Waals surface area contributed by atoms with Crippen LogP contribution in [0.1, 0.15) is 38.7 Å². The number of rotatable bonds is 7. The minimum Gasteiger partial charge on any atom is -0.508 e. The van der Waals surface area contributed by atoms with Gasteiger partial charge in [0, 0.05) is 31.1 Å². The third-order valence-corrected chi connectivity index (χ3v) is 3.49. The second-order valence-electron chi connectivity index (χ2n) is 5.63. The SMILES string of the molecule is CC(N)CCCC(C)C(=O)N(C)Cc1ccccc1O. The van der Waals surface area contributed by atoms with Crippen molar-refractivity contribution < 1.29 is 9.90 Å². The van der Waals surface area contributed by atoms with E-state index in [2.05, 4.69) is 0 Å². The molecular weight excluding hydrogens is 252 g/mol. The number of carbonyl (C=O) groups is 1. The molecule has 0 heterocycles. The molecule has 0 aliphatic rings. The Kier molecular flexibility index (Phi) is 6.52. The Morgan fingerprint density at radius 1 is 1.30 bits per heavy atom. The molecule has 2 unspecified atom stereocenters. The van der Waals surface area contributed by atoms with Crippen molar-refractivity contribution in [3.63, 3.8) is 0 Å². The highest BCUT2D eigenvalue weighted by Gasteiger charge is 2.18. The van der Waals surface area contributed by atoms with Gasteiger partial charge in [-0.15, -0.1) is 0 Å². The summed E-state index contributed by atoms with van der Waals surface area (Å²) in [5.41, 5.74) is 6.48. The topological polar surface area (TPSA) is 66.6 Å². The van der Waals surface area contributed by atoms with Gasteiger partial charge in [0.2, 0.25) is 5.91 Å². The molecule has 0 radical (unpaired) electrons. The average molecular weight is 278 g/mol. The number of phenols is 1. The van der Waals surface area contributed by atoms with Crippen LogP contribution < -0.4 is 5.73 Å². The Hall–Kier alpha value is -1.55. The molecule has 1 aromatic rings. The van der Waals surface area contributed by atoms with Gasteiger partial charge in [0.15, 0.2) is 0 Å². The number of para-hydroxylation sites is 1. The van der Waals surface area contributed by atoms with Crippen molar-refractivity contribution in [2.24, 2.45) is 11.7 Å². The fourth-order valence-electron chi connectivity index (χ4n) is 2.22. The van der Waals surface area contributed by atoms with E-state index in [0.717, 1.165) is 24.8 Å². The standard InChI is InChI=1S/C16H26N2O2/c1-12(7-6-8-13(2)17)16(20)18(3)11-14-9-4-5-10-15(14)19/h4-5,9-10,12-13,19H,6-8,11,17H2,1-3H3. The summed E-state index contributed by atoms with van der Waals surface area (Å²) in [7, 11) is 1.77. The lowest BCUT2D eigenvalue weighted by atomic mass is 10.0. The predicted octanol–water partition coefficient (Wildman–Crippen LogP) is 2.50. The summed E-state index contributed by atoms with van der Waals surface area (Å²) in [5.74, 6) is 0.333. The molecule has 0 saturated heterocycles. The van der Waals surface area contributed by atoms with E-state index in [0.29, 0.717) is 6.54 Å². The van der Waals surface area contributed by atoms with Crippen molar-refractivity contribution in [1.29, 1.82) is 0 Å². The lowest BCUT2D eigenvalue weighted by molar-refractivity contribution is -0.134. The van der Waals surface area contributed by atoms with Crippen molar-refractivity contribution >= 4 is 5.91 Å². The Morgan fingerprint density at radius 2 is 1.95 bits per heavy atom. The zero-order valence-electron chi connectivity index (χ0n) is 12.7. The van der Waals surface area contributed by atoms with Crippen LogP contribution in [0.15, 0.2) is 24.3 Å². The molecule has 2 atom stereocenters. The molecule has 1 amide bonds. The van der Waals surface area contributed by atoms with E-state index in [-0.39, 0.29) is 23.6 Å². The largest absolute Gasteiger partial charge is 0.508 e. The van der Waals surface area contributed by atoms with Crippen molar-refractivity contribution in [3.8, 4) is 5.75 Å². The highest BCUT2D eigenvalue weighted by molar-refractivity contribution is 5.78.